The van der Waals surface area contributed by atoms with Gasteiger partial charge >= 0.3 is 5.97 Å². The van der Waals surface area contributed by atoms with Crippen molar-refractivity contribution in [1.29, 1.82) is 0 Å². The number of hydrogen-bond acceptors (Lipinski definition) is 2. The molecule has 4 heteroatoms. The highest BCUT2D eigenvalue weighted by Crippen LogP contribution is 2.11. The van der Waals surface area contributed by atoms with E-state index >= 15 is 0 Å². The summed E-state index contributed by atoms with van der Waals surface area (Å²) in [6.45, 7) is 1.10. The van der Waals surface area contributed by atoms with E-state index in [4.69, 9.17) is 5.11 Å². The zero-order valence-electron chi connectivity index (χ0n) is 8.37. The highest BCUT2D eigenvalue weighted by atomic mass is 16.4. The molecule has 0 spiro atoms. The van der Waals surface area contributed by atoms with Crippen LogP contribution >= 0.6 is 0 Å². The average Bonchev–Trinajstić information content (AvgIpc) is 2.10. The van der Waals surface area contributed by atoms with Gasteiger partial charge < -0.3 is 10.0 Å². The summed E-state index contributed by atoms with van der Waals surface area (Å²) in [7, 11) is 0. The number of carboxylic acid groups (broad SMARTS) is 1. The van der Waals surface area contributed by atoms with Gasteiger partial charge in [0.2, 0.25) is 5.91 Å². The summed E-state index contributed by atoms with van der Waals surface area (Å²) in [4.78, 5) is 23.6. The lowest BCUT2D eigenvalue weighted by molar-refractivity contribution is -0.138. The molecule has 1 aliphatic heterocycles. The van der Waals surface area contributed by atoms with Crippen molar-refractivity contribution in [3.05, 3.63) is 0 Å². The molecule has 14 heavy (non-hydrogen) atoms. The maximum absolute atomic E-state index is 11.5. The van der Waals surface area contributed by atoms with Gasteiger partial charge in [0.05, 0.1) is 6.42 Å². The average molecular weight is 199 g/mol. The molecule has 1 heterocycles. The van der Waals surface area contributed by atoms with Crippen LogP contribution < -0.4 is 0 Å². The van der Waals surface area contributed by atoms with E-state index < -0.39 is 5.97 Å². The number of aliphatic carboxylic acids is 1. The van der Waals surface area contributed by atoms with Gasteiger partial charge in [0.15, 0.2) is 0 Å². The molecule has 1 rings (SSSR count). The summed E-state index contributed by atoms with van der Waals surface area (Å²) < 4.78 is 0. The maximum Gasteiger partial charge on any atom is 0.305 e. The van der Waals surface area contributed by atoms with Crippen molar-refractivity contribution in [2.75, 3.05) is 13.1 Å². The third-order valence-corrected chi connectivity index (χ3v) is 2.52. The van der Waals surface area contributed by atoms with E-state index in [1.807, 2.05) is 0 Å². The molecule has 0 bridgehead atoms. The lowest BCUT2D eigenvalue weighted by Crippen LogP contribution is -2.34. The summed E-state index contributed by atoms with van der Waals surface area (Å²) in [5.74, 6) is -0.717. The first-order chi connectivity index (χ1) is 6.70. The first kappa shape index (κ1) is 11.0. The second-order valence-corrected chi connectivity index (χ2v) is 3.69. The van der Waals surface area contributed by atoms with Crippen molar-refractivity contribution >= 4 is 11.9 Å². The molecule has 0 unspecified atom stereocenters. The van der Waals surface area contributed by atoms with E-state index in [2.05, 4.69) is 0 Å². The second-order valence-electron chi connectivity index (χ2n) is 3.69. The molecular weight excluding hydrogens is 182 g/mol. The van der Waals surface area contributed by atoms with Crippen LogP contribution in [-0.4, -0.2) is 35.0 Å². The highest BCUT2D eigenvalue weighted by molar-refractivity contribution is 5.77. The predicted molar refractivity (Wildman–Crippen MR) is 51.9 cm³/mol. The van der Waals surface area contributed by atoms with Crippen LogP contribution in [0.25, 0.3) is 0 Å². The summed E-state index contributed by atoms with van der Waals surface area (Å²) in [6.07, 6.45) is 4.87. The Hall–Kier alpha value is -1.06. The van der Waals surface area contributed by atoms with Gasteiger partial charge in [0, 0.05) is 19.5 Å². The Balaban J connectivity index is 2.37. The largest absolute Gasteiger partial charge is 0.481 e. The minimum absolute atomic E-state index is 0.0612. The molecule has 1 fully saturated rings. The second kappa shape index (κ2) is 5.62. The topological polar surface area (TPSA) is 57.6 Å². The van der Waals surface area contributed by atoms with Crippen LogP contribution in [-0.2, 0) is 9.59 Å². The zero-order valence-corrected chi connectivity index (χ0v) is 8.37. The van der Waals surface area contributed by atoms with Gasteiger partial charge in [-0.25, -0.2) is 0 Å². The third-order valence-electron chi connectivity index (χ3n) is 2.52. The minimum Gasteiger partial charge on any atom is -0.481 e. The Morgan fingerprint density at radius 1 is 1.29 bits per heavy atom. The van der Waals surface area contributed by atoms with E-state index in [-0.39, 0.29) is 12.3 Å². The van der Waals surface area contributed by atoms with Gasteiger partial charge in [-0.05, 0) is 12.8 Å². The summed E-state index contributed by atoms with van der Waals surface area (Å²) in [5, 5.41) is 8.52. The van der Waals surface area contributed by atoms with Crippen LogP contribution in [0.3, 0.4) is 0 Å². The van der Waals surface area contributed by atoms with Gasteiger partial charge in [0.1, 0.15) is 0 Å². The molecule has 0 aromatic rings. The fourth-order valence-electron chi connectivity index (χ4n) is 1.68. The number of amides is 1. The Labute approximate surface area is 83.9 Å². The number of nitrogens with zero attached hydrogens (tertiary/aromatic N) is 1. The SMILES string of the molecule is O=C(O)CCN1CCCCCCC1=O. The number of carbonyl (C=O) groups excluding carboxylic acids is 1. The van der Waals surface area contributed by atoms with E-state index in [0.717, 1.165) is 32.2 Å². The van der Waals surface area contributed by atoms with E-state index in [9.17, 15) is 9.59 Å². The monoisotopic (exact) mass is 199 g/mol. The Morgan fingerprint density at radius 2 is 2.00 bits per heavy atom. The van der Waals surface area contributed by atoms with Crippen molar-refractivity contribution in [3.8, 4) is 0 Å². The van der Waals surface area contributed by atoms with Gasteiger partial charge in [-0.2, -0.15) is 0 Å². The first-order valence-corrected chi connectivity index (χ1v) is 5.20. The van der Waals surface area contributed by atoms with E-state index in [1.165, 1.54) is 0 Å². The van der Waals surface area contributed by atoms with Crippen LogP contribution in [0.4, 0.5) is 0 Å². The molecule has 4 nitrogen and oxygen atoms in total. The zero-order chi connectivity index (χ0) is 10.4. The Bertz CT molecular complexity index is 215. The maximum atomic E-state index is 11.5. The molecular formula is C10H17NO3. The fourth-order valence-corrected chi connectivity index (χ4v) is 1.68. The highest BCUT2D eigenvalue weighted by Gasteiger charge is 2.15. The van der Waals surface area contributed by atoms with Crippen LogP contribution in [0.5, 0.6) is 0 Å². The van der Waals surface area contributed by atoms with Crippen LogP contribution in [0, 0.1) is 0 Å². The van der Waals surface area contributed by atoms with Crippen LogP contribution in [0.2, 0.25) is 0 Å². The lowest BCUT2D eigenvalue weighted by Gasteiger charge is -2.23. The standard InChI is InChI=1S/C10H17NO3/c12-9-5-3-1-2-4-7-11(9)8-6-10(13)14/h1-8H2,(H,13,14). The summed E-state index contributed by atoms with van der Waals surface area (Å²) in [5.41, 5.74) is 0. The molecule has 0 atom stereocenters. The molecule has 1 amide bonds. The van der Waals surface area contributed by atoms with Gasteiger partial charge in [-0.1, -0.05) is 12.8 Å². The molecule has 0 aliphatic carbocycles. The fraction of sp³-hybridized carbons (Fsp3) is 0.800. The van der Waals surface area contributed by atoms with Gasteiger partial charge in [-0.3, -0.25) is 9.59 Å². The van der Waals surface area contributed by atoms with Gasteiger partial charge in [0.25, 0.3) is 0 Å². The molecule has 80 valence electrons. The van der Waals surface area contributed by atoms with Crippen molar-refractivity contribution in [3.63, 3.8) is 0 Å². The number of hydrogen-bond donors (Lipinski definition) is 1. The smallest absolute Gasteiger partial charge is 0.305 e. The predicted octanol–water partition coefficient (Wildman–Crippen LogP) is 1.25. The number of carboxylic acids is 1. The van der Waals surface area contributed by atoms with E-state index in [0.29, 0.717) is 13.0 Å². The first-order valence-electron chi connectivity index (χ1n) is 5.20. The van der Waals surface area contributed by atoms with Crippen molar-refractivity contribution < 1.29 is 14.7 Å². The number of likely N-dealkylation sites (tertiary alicyclic amines) is 1. The molecule has 0 aromatic carbocycles. The van der Waals surface area contributed by atoms with Crippen LogP contribution in [0.1, 0.15) is 38.5 Å². The third kappa shape index (κ3) is 3.77. The molecule has 1 aliphatic rings. The molecule has 1 saturated heterocycles. The molecule has 0 aromatic heterocycles. The summed E-state index contributed by atoms with van der Waals surface area (Å²) in [6, 6.07) is 0. The van der Waals surface area contributed by atoms with Crippen molar-refractivity contribution in [2.24, 2.45) is 0 Å². The Morgan fingerprint density at radius 3 is 2.71 bits per heavy atom. The lowest BCUT2D eigenvalue weighted by atomic mass is 10.1. The van der Waals surface area contributed by atoms with E-state index in [1.54, 1.807) is 4.90 Å². The molecule has 0 saturated carbocycles. The Kier molecular flexibility index (Phi) is 4.43. The molecule has 1 N–H and O–H groups in total. The minimum atomic E-state index is -0.833. The molecule has 0 radical (unpaired) electrons. The quantitative estimate of drug-likeness (QED) is 0.744. The normalized spacial score (nSPS) is 18.9. The van der Waals surface area contributed by atoms with Crippen molar-refractivity contribution in [1.82, 2.24) is 4.90 Å². The van der Waals surface area contributed by atoms with Gasteiger partial charge in [-0.15, -0.1) is 0 Å². The van der Waals surface area contributed by atoms with Crippen LogP contribution in [0.15, 0.2) is 0 Å². The number of rotatable bonds is 3. The summed E-state index contributed by atoms with van der Waals surface area (Å²) >= 11 is 0. The number of carbonyl (C=O) groups is 2. The van der Waals surface area contributed by atoms with Crippen molar-refractivity contribution in [2.45, 2.75) is 38.5 Å².